The van der Waals surface area contributed by atoms with E-state index in [1.165, 1.54) is 11.9 Å². The molecule has 2 aromatic carbocycles. The number of hydrogen-bond acceptors (Lipinski definition) is 4. The number of nitrogens with one attached hydrogen (secondary N) is 1. The van der Waals surface area contributed by atoms with Crippen LogP contribution in [0.4, 0.5) is 5.69 Å². The minimum atomic E-state index is -3.73. The van der Waals surface area contributed by atoms with Crippen molar-refractivity contribution < 1.29 is 18.0 Å². The first-order valence-corrected chi connectivity index (χ1v) is 12.4. The molecule has 9 heteroatoms. The van der Waals surface area contributed by atoms with Gasteiger partial charge in [-0.2, -0.15) is 0 Å². The Morgan fingerprint density at radius 2 is 1.68 bits per heavy atom. The molecular formula is C22H28BrN3O4S. The molecule has 2 aromatic rings. The summed E-state index contributed by atoms with van der Waals surface area (Å²) in [4.78, 5) is 27.0. The molecule has 0 saturated heterocycles. The van der Waals surface area contributed by atoms with Crippen LogP contribution < -0.4 is 9.62 Å². The zero-order valence-corrected chi connectivity index (χ0v) is 20.7. The van der Waals surface area contributed by atoms with Gasteiger partial charge >= 0.3 is 0 Å². The van der Waals surface area contributed by atoms with Gasteiger partial charge in [-0.3, -0.25) is 13.9 Å². The zero-order chi connectivity index (χ0) is 23.3. The van der Waals surface area contributed by atoms with Crippen molar-refractivity contribution in [2.75, 3.05) is 24.2 Å². The van der Waals surface area contributed by atoms with Crippen molar-refractivity contribution in [3.8, 4) is 0 Å². The van der Waals surface area contributed by atoms with Crippen LogP contribution in [0.1, 0.15) is 23.6 Å². The molecule has 1 unspecified atom stereocenters. The Kier molecular flexibility index (Phi) is 8.25. The van der Waals surface area contributed by atoms with E-state index in [4.69, 9.17) is 0 Å². The highest BCUT2D eigenvalue weighted by Gasteiger charge is 2.29. The lowest BCUT2D eigenvalue weighted by Crippen LogP contribution is -2.50. The van der Waals surface area contributed by atoms with E-state index in [-0.39, 0.29) is 12.5 Å². The van der Waals surface area contributed by atoms with Crippen LogP contribution in [0.15, 0.2) is 46.9 Å². The quantitative estimate of drug-likeness (QED) is 0.592. The van der Waals surface area contributed by atoms with Gasteiger partial charge in [-0.25, -0.2) is 8.42 Å². The summed E-state index contributed by atoms with van der Waals surface area (Å²) in [6.07, 6.45) is 1.07. The summed E-state index contributed by atoms with van der Waals surface area (Å²) in [6.45, 7) is 5.20. The third-order valence-electron chi connectivity index (χ3n) is 5.14. The summed E-state index contributed by atoms with van der Waals surface area (Å²) in [6, 6.07) is 11.9. The molecule has 0 aliphatic heterocycles. The molecule has 0 fully saturated rings. The summed E-state index contributed by atoms with van der Waals surface area (Å²) >= 11 is 3.38. The molecule has 0 spiro atoms. The molecule has 0 saturated carbocycles. The molecule has 31 heavy (non-hydrogen) atoms. The number of amides is 2. The smallest absolute Gasteiger partial charge is 0.244 e. The number of rotatable bonds is 8. The van der Waals surface area contributed by atoms with Gasteiger partial charge in [0.2, 0.25) is 21.8 Å². The van der Waals surface area contributed by atoms with Crippen LogP contribution >= 0.6 is 15.9 Å². The lowest BCUT2D eigenvalue weighted by molar-refractivity contribution is -0.139. The van der Waals surface area contributed by atoms with Crippen LogP contribution in [-0.2, 0) is 26.2 Å². The van der Waals surface area contributed by atoms with Crippen molar-refractivity contribution in [1.29, 1.82) is 0 Å². The molecule has 0 bridgehead atoms. The topological polar surface area (TPSA) is 86.8 Å². The van der Waals surface area contributed by atoms with Crippen LogP contribution in [0.3, 0.4) is 0 Å². The van der Waals surface area contributed by atoms with Gasteiger partial charge in [-0.1, -0.05) is 34.1 Å². The largest absolute Gasteiger partial charge is 0.357 e. The first-order valence-electron chi connectivity index (χ1n) is 9.74. The summed E-state index contributed by atoms with van der Waals surface area (Å²) < 4.78 is 27.0. The van der Waals surface area contributed by atoms with Gasteiger partial charge in [-0.05, 0) is 61.7 Å². The van der Waals surface area contributed by atoms with Gasteiger partial charge in [-0.15, -0.1) is 0 Å². The first kappa shape index (κ1) is 24.9. The summed E-state index contributed by atoms with van der Waals surface area (Å²) in [5, 5.41) is 2.55. The highest BCUT2D eigenvalue weighted by Crippen LogP contribution is 2.22. The Bertz CT molecular complexity index is 1050. The summed E-state index contributed by atoms with van der Waals surface area (Å²) in [5.41, 5.74) is 3.18. The van der Waals surface area contributed by atoms with Crippen molar-refractivity contribution in [3.05, 3.63) is 63.6 Å². The normalized spacial score (nSPS) is 12.2. The fraction of sp³-hybridized carbons (Fsp3) is 0.364. The van der Waals surface area contributed by atoms with Crippen molar-refractivity contribution in [2.45, 2.75) is 33.4 Å². The molecule has 168 valence electrons. The van der Waals surface area contributed by atoms with E-state index in [2.05, 4.69) is 21.2 Å². The molecule has 1 N–H and O–H groups in total. The van der Waals surface area contributed by atoms with E-state index in [0.29, 0.717) is 5.69 Å². The van der Waals surface area contributed by atoms with Gasteiger partial charge < -0.3 is 10.2 Å². The maximum atomic E-state index is 13.3. The fourth-order valence-corrected chi connectivity index (χ4v) is 4.18. The Hall–Kier alpha value is -2.39. The number of anilines is 1. The second kappa shape index (κ2) is 10.3. The number of hydrogen-bond donors (Lipinski definition) is 1. The number of carbonyl (C=O) groups excluding carboxylic acids is 2. The average molecular weight is 510 g/mol. The lowest BCUT2D eigenvalue weighted by Gasteiger charge is -2.31. The molecule has 0 radical (unpaired) electrons. The fourth-order valence-electron chi connectivity index (χ4n) is 3.07. The zero-order valence-electron chi connectivity index (χ0n) is 18.3. The molecule has 0 aromatic heterocycles. The van der Waals surface area contributed by atoms with Crippen molar-refractivity contribution >= 4 is 43.5 Å². The molecule has 0 aliphatic carbocycles. The number of likely N-dealkylation sites (N-methyl/N-ethyl adjacent to an activating group) is 1. The maximum Gasteiger partial charge on any atom is 0.244 e. The molecule has 1 atom stereocenters. The monoisotopic (exact) mass is 509 g/mol. The van der Waals surface area contributed by atoms with E-state index in [1.54, 1.807) is 19.1 Å². The van der Waals surface area contributed by atoms with Crippen LogP contribution in [0.25, 0.3) is 0 Å². The number of carbonyl (C=O) groups is 2. The molecule has 2 amide bonds. The van der Waals surface area contributed by atoms with E-state index in [1.807, 2.05) is 44.2 Å². The van der Waals surface area contributed by atoms with E-state index >= 15 is 0 Å². The summed E-state index contributed by atoms with van der Waals surface area (Å²) in [5.74, 6) is -0.801. The number of sulfonamides is 1. The maximum absolute atomic E-state index is 13.3. The molecule has 2 rings (SSSR count). The number of aryl methyl sites for hydroxylation is 2. The number of halogens is 1. The van der Waals surface area contributed by atoms with Crippen LogP contribution in [0, 0.1) is 13.8 Å². The third-order valence-corrected chi connectivity index (χ3v) is 6.81. The van der Waals surface area contributed by atoms with Crippen LogP contribution in [0.2, 0.25) is 0 Å². The SMILES string of the molecule is CNC(=O)C(C)N(Cc1ccc(Br)cc1)C(=O)CN(c1ccc(C)c(C)c1)S(C)(=O)=O. The van der Waals surface area contributed by atoms with Gasteiger partial charge in [0, 0.05) is 18.1 Å². The van der Waals surface area contributed by atoms with Gasteiger partial charge in [0.15, 0.2) is 0 Å². The Labute approximate surface area is 192 Å². The highest BCUT2D eigenvalue weighted by atomic mass is 79.9. The second-order valence-corrected chi connectivity index (χ2v) is 10.3. The number of nitrogens with zero attached hydrogens (tertiary/aromatic N) is 2. The molecule has 7 nitrogen and oxygen atoms in total. The lowest BCUT2D eigenvalue weighted by atomic mass is 10.1. The van der Waals surface area contributed by atoms with E-state index < -0.39 is 28.5 Å². The minimum Gasteiger partial charge on any atom is -0.357 e. The Balaban J connectivity index is 2.39. The molecular weight excluding hydrogens is 482 g/mol. The van der Waals surface area contributed by atoms with Gasteiger partial charge in [0.05, 0.1) is 11.9 Å². The standard InChI is InChI=1S/C22H28BrN3O4S/c1-15-6-11-20(12-16(15)2)26(31(5,29)30)14-21(27)25(17(3)22(28)24-4)13-18-7-9-19(23)10-8-18/h6-12,17H,13-14H2,1-5H3,(H,24,28). The Morgan fingerprint density at radius 1 is 1.06 bits per heavy atom. The van der Waals surface area contributed by atoms with Crippen molar-refractivity contribution in [1.82, 2.24) is 10.2 Å². The average Bonchev–Trinajstić information content (AvgIpc) is 2.71. The van der Waals surface area contributed by atoms with Crippen molar-refractivity contribution in [3.63, 3.8) is 0 Å². The Morgan fingerprint density at radius 3 is 2.19 bits per heavy atom. The van der Waals surface area contributed by atoms with Crippen LogP contribution in [0.5, 0.6) is 0 Å². The molecule has 0 heterocycles. The van der Waals surface area contributed by atoms with Crippen LogP contribution in [-0.4, -0.2) is 51.0 Å². The van der Waals surface area contributed by atoms with Gasteiger partial charge in [0.1, 0.15) is 12.6 Å². The van der Waals surface area contributed by atoms with Crippen molar-refractivity contribution in [2.24, 2.45) is 0 Å². The summed E-state index contributed by atoms with van der Waals surface area (Å²) in [7, 11) is -2.23. The highest BCUT2D eigenvalue weighted by molar-refractivity contribution is 9.10. The minimum absolute atomic E-state index is 0.172. The van der Waals surface area contributed by atoms with E-state index in [0.717, 1.165) is 31.7 Å². The first-order chi connectivity index (χ1) is 14.4. The molecule has 0 aliphatic rings. The predicted molar refractivity (Wildman–Crippen MR) is 126 cm³/mol. The van der Waals surface area contributed by atoms with E-state index in [9.17, 15) is 18.0 Å². The third kappa shape index (κ3) is 6.54. The second-order valence-electron chi connectivity index (χ2n) is 7.48. The van der Waals surface area contributed by atoms with Gasteiger partial charge in [0.25, 0.3) is 0 Å². The predicted octanol–water partition coefficient (Wildman–Crippen LogP) is 3.00. The number of benzene rings is 2.